The molecule has 0 saturated heterocycles. The van der Waals surface area contributed by atoms with Gasteiger partial charge in [-0.05, 0) is 64.0 Å². The number of aromatic amines is 1. The summed E-state index contributed by atoms with van der Waals surface area (Å²) in [5.41, 5.74) is 7.20. The molecule has 40 heavy (non-hydrogen) atoms. The summed E-state index contributed by atoms with van der Waals surface area (Å²) in [6.07, 6.45) is -5.08. The fourth-order valence-electron chi connectivity index (χ4n) is 3.82. The quantitative estimate of drug-likeness (QED) is 0.190. The number of rotatable bonds is 7. The third kappa shape index (κ3) is 7.33. The maximum Gasteiger partial charge on any atom is 0.490 e. The predicted molar refractivity (Wildman–Crippen MR) is 147 cm³/mol. The van der Waals surface area contributed by atoms with Gasteiger partial charge in [0.1, 0.15) is 5.82 Å². The van der Waals surface area contributed by atoms with Crippen molar-refractivity contribution in [1.82, 2.24) is 15.3 Å². The third-order valence-electron chi connectivity index (χ3n) is 5.73. The Balaban J connectivity index is 0.000000470. The summed E-state index contributed by atoms with van der Waals surface area (Å²) in [5.74, 6) is -2.17. The minimum atomic E-state index is -5.08. The summed E-state index contributed by atoms with van der Waals surface area (Å²) in [4.78, 5) is 29.9. The number of carbonyl (C=O) groups is 2. The van der Waals surface area contributed by atoms with E-state index in [1.54, 1.807) is 17.4 Å². The maximum atomic E-state index is 11.7. The first-order valence-electron chi connectivity index (χ1n) is 11.9. The molecule has 0 aliphatic rings. The van der Waals surface area contributed by atoms with Crippen LogP contribution < -0.4 is 5.32 Å². The molecule has 0 aliphatic heterocycles. The number of thiophene rings is 1. The highest BCUT2D eigenvalue weighted by Gasteiger charge is 2.38. The van der Waals surface area contributed by atoms with Crippen LogP contribution in [-0.4, -0.2) is 40.3 Å². The van der Waals surface area contributed by atoms with Gasteiger partial charge in [-0.25, -0.2) is 14.6 Å². The first kappa shape index (κ1) is 28.5. The minimum Gasteiger partial charge on any atom is -0.475 e. The molecule has 0 fully saturated rings. The fourth-order valence-corrected chi connectivity index (χ4v) is 4.68. The monoisotopic (exact) mass is 567 g/mol. The number of carboxylic acid groups (broad SMARTS) is 1. The van der Waals surface area contributed by atoms with Gasteiger partial charge in [0.05, 0.1) is 28.6 Å². The Morgan fingerprint density at radius 1 is 0.950 bits per heavy atom. The minimum absolute atomic E-state index is 0.317. The van der Waals surface area contributed by atoms with Crippen molar-refractivity contribution in [2.75, 3.05) is 7.11 Å². The van der Waals surface area contributed by atoms with Crippen LogP contribution >= 0.6 is 11.3 Å². The van der Waals surface area contributed by atoms with Crippen LogP contribution in [0.2, 0.25) is 0 Å². The maximum absolute atomic E-state index is 11.7. The molecular formula is C29H24F3N3O4S. The zero-order chi connectivity index (χ0) is 28.7. The number of imidazole rings is 1. The Morgan fingerprint density at radius 2 is 1.62 bits per heavy atom. The predicted octanol–water partition coefficient (Wildman–Crippen LogP) is 6.67. The van der Waals surface area contributed by atoms with Crippen molar-refractivity contribution < 1.29 is 32.6 Å². The van der Waals surface area contributed by atoms with E-state index in [2.05, 4.69) is 46.0 Å². The lowest BCUT2D eigenvalue weighted by Gasteiger charge is -2.08. The molecule has 0 atom stereocenters. The van der Waals surface area contributed by atoms with E-state index in [-0.39, 0.29) is 5.97 Å². The van der Waals surface area contributed by atoms with Crippen LogP contribution in [0, 0.1) is 0 Å². The molecule has 0 radical (unpaired) electrons. The van der Waals surface area contributed by atoms with Crippen molar-refractivity contribution in [1.29, 1.82) is 0 Å². The smallest absolute Gasteiger partial charge is 0.475 e. The molecule has 0 spiro atoms. The number of methoxy groups -OCH3 is 1. The van der Waals surface area contributed by atoms with Gasteiger partial charge >= 0.3 is 18.1 Å². The van der Waals surface area contributed by atoms with Crippen LogP contribution in [0.5, 0.6) is 0 Å². The highest BCUT2D eigenvalue weighted by molar-refractivity contribution is 7.13. The SMILES string of the molecule is COC(=O)c1cccc(CNCc2cccc(-c3csc(-c4nc5ccccc5[nH]4)c3)c2)c1.O=C(O)C(F)(F)F. The molecule has 5 rings (SSSR count). The Kier molecular flexibility index (Phi) is 8.97. The normalized spacial score (nSPS) is 11.1. The van der Waals surface area contributed by atoms with E-state index in [1.807, 2.05) is 42.5 Å². The van der Waals surface area contributed by atoms with E-state index in [0.29, 0.717) is 12.1 Å². The number of ether oxygens (including phenoxy) is 1. The van der Waals surface area contributed by atoms with Crippen LogP contribution in [0.25, 0.3) is 32.9 Å². The number of nitrogens with one attached hydrogen (secondary N) is 2. The van der Waals surface area contributed by atoms with Crippen molar-refractivity contribution in [3.8, 4) is 21.8 Å². The van der Waals surface area contributed by atoms with Crippen molar-refractivity contribution in [3.63, 3.8) is 0 Å². The first-order chi connectivity index (χ1) is 19.1. The average molecular weight is 568 g/mol. The Labute approximate surface area is 231 Å². The number of H-pyrrole nitrogens is 1. The zero-order valence-electron chi connectivity index (χ0n) is 21.2. The largest absolute Gasteiger partial charge is 0.490 e. The van der Waals surface area contributed by atoms with Crippen molar-refractivity contribution in [2.45, 2.75) is 19.3 Å². The molecular weight excluding hydrogens is 543 g/mol. The molecule has 206 valence electrons. The van der Waals surface area contributed by atoms with Gasteiger partial charge in [0.25, 0.3) is 0 Å². The van der Waals surface area contributed by atoms with Crippen molar-refractivity contribution in [3.05, 3.63) is 101 Å². The number of hydrogen-bond donors (Lipinski definition) is 3. The topological polar surface area (TPSA) is 104 Å². The Morgan fingerprint density at radius 3 is 2.30 bits per heavy atom. The summed E-state index contributed by atoms with van der Waals surface area (Å²) in [7, 11) is 1.40. The number of halogens is 3. The number of carbonyl (C=O) groups excluding carboxylic acids is 1. The standard InChI is InChI=1S/C27H23N3O2S.C2HF3O2/c1-32-27(31)21-9-5-7-19(13-21)16-28-15-18-6-4-8-20(12-18)22-14-25(33-17-22)26-29-23-10-2-3-11-24(23)30-26;3-2(4,5)1(6)7/h2-14,17,28H,15-16H2,1H3,(H,29,30);(H,6,7). The number of aliphatic carboxylic acids is 1. The summed E-state index contributed by atoms with van der Waals surface area (Å²) in [6.45, 7) is 1.40. The number of aromatic nitrogens is 2. The number of benzene rings is 3. The van der Waals surface area contributed by atoms with Crippen LogP contribution in [0.15, 0.2) is 84.2 Å². The lowest BCUT2D eigenvalue weighted by molar-refractivity contribution is -0.192. The molecule has 0 amide bonds. The van der Waals surface area contributed by atoms with Gasteiger partial charge in [0.2, 0.25) is 0 Å². The third-order valence-corrected chi connectivity index (χ3v) is 6.67. The average Bonchev–Trinajstić information content (AvgIpc) is 3.60. The van der Waals surface area contributed by atoms with Gasteiger partial charge in [-0.3, -0.25) is 0 Å². The summed E-state index contributed by atoms with van der Waals surface area (Å²) < 4.78 is 36.5. The van der Waals surface area contributed by atoms with Crippen LogP contribution in [0.3, 0.4) is 0 Å². The number of nitrogens with zero attached hydrogens (tertiary/aromatic N) is 1. The molecule has 11 heteroatoms. The van der Waals surface area contributed by atoms with E-state index in [9.17, 15) is 18.0 Å². The number of carboxylic acids is 1. The van der Waals surface area contributed by atoms with Crippen molar-refractivity contribution >= 4 is 34.3 Å². The number of alkyl halides is 3. The van der Waals surface area contributed by atoms with Gasteiger partial charge < -0.3 is 20.1 Å². The van der Waals surface area contributed by atoms with E-state index >= 15 is 0 Å². The second kappa shape index (κ2) is 12.6. The highest BCUT2D eigenvalue weighted by atomic mass is 32.1. The number of para-hydroxylation sites is 2. The van der Waals surface area contributed by atoms with Gasteiger partial charge in [0, 0.05) is 13.1 Å². The molecule has 3 N–H and O–H groups in total. The molecule has 2 heterocycles. The molecule has 0 bridgehead atoms. The van der Waals surface area contributed by atoms with Crippen LogP contribution in [-0.2, 0) is 22.6 Å². The molecule has 3 aromatic carbocycles. The summed E-state index contributed by atoms with van der Waals surface area (Å²) >= 11 is 1.69. The number of hydrogen-bond acceptors (Lipinski definition) is 6. The first-order valence-corrected chi connectivity index (χ1v) is 12.8. The number of esters is 1. The van der Waals surface area contributed by atoms with Gasteiger partial charge in [-0.2, -0.15) is 13.2 Å². The van der Waals surface area contributed by atoms with Crippen LogP contribution in [0.4, 0.5) is 13.2 Å². The van der Waals surface area contributed by atoms with Crippen molar-refractivity contribution in [2.24, 2.45) is 0 Å². The molecule has 7 nitrogen and oxygen atoms in total. The molecule has 2 aromatic heterocycles. The van der Waals surface area contributed by atoms with E-state index < -0.39 is 12.1 Å². The van der Waals surface area contributed by atoms with E-state index in [0.717, 1.165) is 33.8 Å². The van der Waals surface area contributed by atoms with Crippen LogP contribution in [0.1, 0.15) is 21.5 Å². The lowest BCUT2D eigenvalue weighted by atomic mass is 10.1. The summed E-state index contributed by atoms with van der Waals surface area (Å²) in [5, 5.41) is 12.8. The fraction of sp³-hybridized carbons (Fsp3) is 0.138. The Bertz CT molecular complexity index is 1600. The Hall–Kier alpha value is -4.48. The zero-order valence-corrected chi connectivity index (χ0v) is 22.0. The van der Waals surface area contributed by atoms with Gasteiger partial charge in [-0.15, -0.1) is 11.3 Å². The molecule has 0 saturated carbocycles. The lowest BCUT2D eigenvalue weighted by Crippen LogP contribution is -2.21. The van der Waals surface area contributed by atoms with E-state index in [4.69, 9.17) is 19.6 Å². The molecule has 0 aliphatic carbocycles. The second-order valence-electron chi connectivity index (χ2n) is 8.60. The number of fused-ring (bicyclic) bond motifs is 1. The molecule has 5 aromatic rings. The molecule has 0 unspecified atom stereocenters. The van der Waals surface area contributed by atoms with Gasteiger partial charge in [-0.1, -0.05) is 42.5 Å². The van der Waals surface area contributed by atoms with E-state index in [1.165, 1.54) is 23.8 Å². The second-order valence-corrected chi connectivity index (χ2v) is 9.51. The highest BCUT2D eigenvalue weighted by Crippen LogP contribution is 2.32. The summed E-state index contributed by atoms with van der Waals surface area (Å²) in [6, 6.07) is 26.3. The van der Waals surface area contributed by atoms with Gasteiger partial charge in [0.15, 0.2) is 0 Å².